The molecule has 21 heavy (non-hydrogen) atoms. The lowest BCUT2D eigenvalue weighted by atomic mass is 9.98. The molecule has 3 rings (SSSR count). The van der Waals surface area contributed by atoms with Crippen LogP contribution in [0.3, 0.4) is 0 Å². The summed E-state index contributed by atoms with van der Waals surface area (Å²) in [7, 11) is 1.54. The van der Waals surface area contributed by atoms with E-state index in [2.05, 4.69) is 0 Å². The monoisotopic (exact) mass is 303 g/mol. The second-order valence-corrected chi connectivity index (χ2v) is 4.68. The highest BCUT2D eigenvalue weighted by Crippen LogP contribution is 2.57. The number of benzene rings is 1. The normalized spacial score (nSPS) is 18.1. The highest BCUT2D eigenvalue weighted by molar-refractivity contribution is 6.08. The molecule has 0 atom stereocenters. The Hall–Kier alpha value is -2.09. The maximum atomic E-state index is 12.0. The van der Waals surface area contributed by atoms with Gasteiger partial charge in [-0.2, -0.15) is 18.2 Å². The van der Waals surface area contributed by atoms with Crippen LogP contribution in [0.5, 0.6) is 0 Å². The number of aliphatic carboxylic acids is 1. The van der Waals surface area contributed by atoms with Crippen molar-refractivity contribution in [3.05, 3.63) is 29.8 Å². The molecule has 1 spiro atoms. The molecule has 1 aliphatic heterocycles. The van der Waals surface area contributed by atoms with E-state index < -0.39 is 12.1 Å². The highest BCUT2D eigenvalue weighted by atomic mass is 19.4. The van der Waals surface area contributed by atoms with Gasteiger partial charge in [0.25, 0.3) is 5.91 Å². The summed E-state index contributed by atoms with van der Waals surface area (Å²) in [5, 5.41) is 8.54. The fourth-order valence-electron chi connectivity index (χ4n) is 2.26. The van der Waals surface area contributed by atoms with Gasteiger partial charge in [0.05, 0.1) is 18.2 Å². The maximum absolute atomic E-state index is 12.0. The standard InChI is InChI=1S/C11H11NO2.C2HF3O2/c1-14-12-9-5-3-2-4-8(9)11(6-7-11)10(12)13;3-2(4,5)1(6)7/h2-5H,6-7H2,1H3;(H,6,7). The molecule has 8 heteroatoms. The third-order valence-corrected chi connectivity index (χ3v) is 3.41. The molecule has 1 N–H and O–H groups in total. The molecule has 0 bridgehead atoms. The van der Waals surface area contributed by atoms with E-state index in [-0.39, 0.29) is 11.3 Å². The zero-order valence-electron chi connectivity index (χ0n) is 11.0. The number of anilines is 1. The molecule has 0 unspecified atom stereocenters. The van der Waals surface area contributed by atoms with Crippen molar-refractivity contribution in [2.75, 3.05) is 12.2 Å². The lowest BCUT2D eigenvalue weighted by Gasteiger charge is -2.13. The van der Waals surface area contributed by atoms with Crippen molar-refractivity contribution >= 4 is 17.6 Å². The average molecular weight is 303 g/mol. The van der Waals surface area contributed by atoms with Crippen LogP contribution in [0.4, 0.5) is 18.9 Å². The third kappa shape index (κ3) is 2.58. The number of nitrogens with zero attached hydrogens (tertiary/aromatic N) is 1. The van der Waals surface area contributed by atoms with Gasteiger partial charge in [0.15, 0.2) is 0 Å². The Bertz CT molecular complexity index is 581. The number of fused-ring (bicyclic) bond motifs is 2. The van der Waals surface area contributed by atoms with Crippen molar-refractivity contribution in [2.45, 2.75) is 24.4 Å². The molecule has 1 amide bonds. The largest absolute Gasteiger partial charge is 0.490 e. The number of carboxylic acids is 1. The summed E-state index contributed by atoms with van der Waals surface area (Å²) in [6, 6.07) is 7.87. The van der Waals surface area contributed by atoms with Gasteiger partial charge in [-0.1, -0.05) is 18.2 Å². The molecule has 1 aliphatic carbocycles. The molecule has 1 saturated carbocycles. The minimum Gasteiger partial charge on any atom is -0.475 e. The van der Waals surface area contributed by atoms with E-state index in [1.807, 2.05) is 24.3 Å². The second-order valence-electron chi connectivity index (χ2n) is 4.68. The van der Waals surface area contributed by atoms with Crippen LogP contribution >= 0.6 is 0 Å². The lowest BCUT2D eigenvalue weighted by Crippen LogP contribution is -2.30. The summed E-state index contributed by atoms with van der Waals surface area (Å²) >= 11 is 0. The van der Waals surface area contributed by atoms with E-state index in [0.29, 0.717) is 0 Å². The first-order valence-electron chi connectivity index (χ1n) is 6.02. The Balaban J connectivity index is 0.000000199. The molecule has 0 saturated heterocycles. The SMILES string of the molecule is CON1C(=O)C2(CC2)c2ccccc21.O=C(O)C(F)(F)F. The van der Waals surface area contributed by atoms with Crippen LogP contribution < -0.4 is 5.06 Å². The highest BCUT2D eigenvalue weighted by Gasteiger charge is 2.59. The maximum Gasteiger partial charge on any atom is 0.490 e. The second kappa shape index (κ2) is 5.03. The fraction of sp³-hybridized carbons (Fsp3) is 0.385. The molecule has 2 aliphatic rings. The van der Waals surface area contributed by atoms with E-state index in [1.165, 1.54) is 12.2 Å². The van der Waals surface area contributed by atoms with Crippen LogP contribution in [0.2, 0.25) is 0 Å². The summed E-state index contributed by atoms with van der Waals surface area (Å²) in [6.45, 7) is 0. The zero-order chi connectivity index (χ0) is 15.8. The predicted molar refractivity (Wildman–Crippen MR) is 65.5 cm³/mol. The number of halogens is 3. The number of para-hydroxylation sites is 1. The van der Waals surface area contributed by atoms with Gasteiger partial charge in [-0.05, 0) is 24.5 Å². The van der Waals surface area contributed by atoms with E-state index in [1.54, 1.807) is 0 Å². The zero-order valence-corrected chi connectivity index (χ0v) is 11.0. The van der Waals surface area contributed by atoms with Crippen LogP contribution in [0.15, 0.2) is 24.3 Å². The first-order valence-corrected chi connectivity index (χ1v) is 6.02. The molecular weight excluding hydrogens is 291 g/mol. The van der Waals surface area contributed by atoms with E-state index >= 15 is 0 Å². The van der Waals surface area contributed by atoms with Crippen LogP contribution in [0.25, 0.3) is 0 Å². The number of hydrogen-bond acceptors (Lipinski definition) is 3. The van der Waals surface area contributed by atoms with Crippen LogP contribution in [-0.2, 0) is 19.8 Å². The van der Waals surface area contributed by atoms with E-state index in [4.69, 9.17) is 14.7 Å². The van der Waals surface area contributed by atoms with E-state index in [0.717, 1.165) is 24.1 Å². The summed E-state index contributed by atoms with van der Waals surface area (Å²) in [6.07, 6.45) is -3.16. The predicted octanol–water partition coefficient (Wildman–Crippen LogP) is 2.26. The van der Waals surface area contributed by atoms with Crippen LogP contribution in [-0.4, -0.2) is 30.3 Å². The summed E-state index contributed by atoms with van der Waals surface area (Å²) in [5.41, 5.74) is 1.82. The lowest BCUT2D eigenvalue weighted by molar-refractivity contribution is -0.192. The number of hydrogen-bond donors (Lipinski definition) is 1. The summed E-state index contributed by atoms with van der Waals surface area (Å²) in [4.78, 5) is 26.0. The quantitative estimate of drug-likeness (QED) is 0.864. The van der Waals surface area contributed by atoms with E-state index in [9.17, 15) is 18.0 Å². The summed E-state index contributed by atoms with van der Waals surface area (Å²) < 4.78 is 31.7. The molecule has 1 aromatic carbocycles. The number of amides is 1. The molecule has 1 aromatic rings. The summed E-state index contributed by atoms with van der Waals surface area (Å²) in [5.74, 6) is -2.66. The van der Waals surface area contributed by atoms with Gasteiger partial charge in [0.1, 0.15) is 0 Å². The minimum absolute atomic E-state index is 0.0983. The minimum atomic E-state index is -5.08. The molecule has 0 aromatic heterocycles. The Morgan fingerprint density at radius 3 is 2.29 bits per heavy atom. The Labute approximate surface area is 117 Å². The van der Waals surface area contributed by atoms with Crippen molar-refractivity contribution in [1.29, 1.82) is 0 Å². The van der Waals surface area contributed by atoms with Gasteiger partial charge in [-0.15, -0.1) is 0 Å². The Morgan fingerprint density at radius 2 is 1.86 bits per heavy atom. The van der Waals surface area contributed by atoms with Crippen LogP contribution in [0.1, 0.15) is 18.4 Å². The first kappa shape index (κ1) is 15.3. The molecule has 1 heterocycles. The number of rotatable bonds is 1. The Kier molecular flexibility index (Phi) is 3.66. The van der Waals surface area contributed by atoms with Gasteiger partial charge in [-0.25, -0.2) is 4.79 Å². The van der Waals surface area contributed by atoms with Gasteiger partial charge < -0.3 is 5.11 Å². The van der Waals surface area contributed by atoms with Gasteiger partial charge in [0, 0.05) is 0 Å². The Morgan fingerprint density at radius 1 is 1.33 bits per heavy atom. The first-order chi connectivity index (χ1) is 9.74. The number of hydroxylamine groups is 1. The molecular formula is C13H12F3NO4. The van der Waals surface area contributed by atoms with Gasteiger partial charge in [-0.3, -0.25) is 9.63 Å². The number of carbonyl (C=O) groups is 2. The third-order valence-electron chi connectivity index (χ3n) is 3.41. The number of carbonyl (C=O) groups excluding carboxylic acids is 1. The van der Waals surface area contributed by atoms with Crippen molar-refractivity contribution in [3.8, 4) is 0 Å². The van der Waals surface area contributed by atoms with Crippen molar-refractivity contribution in [2.24, 2.45) is 0 Å². The van der Waals surface area contributed by atoms with Crippen molar-refractivity contribution in [1.82, 2.24) is 0 Å². The smallest absolute Gasteiger partial charge is 0.475 e. The van der Waals surface area contributed by atoms with Crippen LogP contribution in [0, 0.1) is 0 Å². The van der Waals surface area contributed by atoms with Crippen molar-refractivity contribution < 1.29 is 32.7 Å². The molecule has 0 radical (unpaired) electrons. The molecule has 114 valence electrons. The number of alkyl halides is 3. The molecule has 1 fully saturated rings. The van der Waals surface area contributed by atoms with Crippen molar-refractivity contribution in [3.63, 3.8) is 0 Å². The van der Waals surface area contributed by atoms with Gasteiger partial charge >= 0.3 is 12.1 Å². The molecule has 5 nitrogen and oxygen atoms in total. The van der Waals surface area contributed by atoms with Gasteiger partial charge in [0.2, 0.25) is 0 Å². The fourth-order valence-corrected chi connectivity index (χ4v) is 2.26. The topological polar surface area (TPSA) is 66.8 Å². The average Bonchev–Trinajstić information content (AvgIpc) is 3.16. The number of carboxylic acid groups (broad SMARTS) is 1.